The highest BCUT2D eigenvalue weighted by Crippen LogP contribution is 2.25. The topological polar surface area (TPSA) is 104 Å². The number of carbonyl (C=O) groups excluding carboxylic acids is 1. The van der Waals surface area contributed by atoms with Crippen LogP contribution in [0.1, 0.15) is 50.4 Å². The highest BCUT2D eigenvalue weighted by atomic mass is 32.2. The van der Waals surface area contributed by atoms with Crippen LogP contribution in [0.25, 0.3) is 0 Å². The van der Waals surface area contributed by atoms with E-state index in [0.717, 1.165) is 19.3 Å². The number of hydrogen-bond donors (Lipinski definition) is 2. The second-order valence-electron chi connectivity index (χ2n) is 7.02. The Morgan fingerprint density at radius 1 is 1.19 bits per heavy atom. The number of carbonyl (C=O) groups is 2. The van der Waals surface area contributed by atoms with E-state index >= 15 is 0 Å². The van der Waals surface area contributed by atoms with Crippen LogP contribution in [-0.2, 0) is 14.8 Å². The molecule has 0 aliphatic carbocycles. The summed E-state index contributed by atoms with van der Waals surface area (Å²) in [7, 11) is -3.60. The number of sulfonamides is 1. The van der Waals surface area contributed by atoms with Crippen molar-refractivity contribution in [1.82, 2.24) is 9.62 Å². The van der Waals surface area contributed by atoms with E-state index in [4.69, 9.17) is 5.11 Å². The van der Waals surface area contributed by atoms with Gasteiger partial charge in [-0.3, -0.25) is 4.79 Å². The van der Waals surface area contributed by atoms with Crippen molar-refractivity contribution < 1.29 is 23.1 Å². The van der Waals surface area contributed by atoms with Gasteiger partial charge in [0.05, 0.1) is 4.90 Å². The van der Waals surface area contributed by atoms with Crippen molar-refractivity contribution in [1.29, 1.82) is 0 Å². The van der Waals surface area contributed by atoms with Crippen LogP contribution in [-0.4, -0.2) is 48.3 Å². The van der Waals surface area contributed by atoms with Crippen LogP contribution in [0, 0.1) is 5.92 Å². The zero-order chi connectivity index (χ0) is 19.5. The van der Waals surface area contributed by atoms with Crippen molar-refractivity contribution in [2.24, 2.45) is 5.92 Å². The molecule has 0 radical (unpaired) electrons. The zero-order valence-electron chi connectivity index (χ0n) is 15.3. The van der Waals surface area contributed by atoms with Gasteiger partial charge in [0, 0.05) is 18.2 Å². The van der Waals surface area contributed by atoms with E-state index in [1.165, 1.54) is 28.6 Å². The van der Waals surface area contributed by atoms with Gasteiger partial charge in [-0.25, -0.2) is 13.2 Å². The molecule has 1 aliphatic rings. The number of carboxylic acid groups (broad SMARTS) is 1. The third-order valence-corrected chi connectivity index (χ3v) is 6.71. The van der Waals surface area contributed by atoms with E-state index in [1.54, 1.807) is 13.8 Å². The molecule has 1 unspecified atom stereocenters. The second kappa shape index (κ2) is 8.18. The third kappa shape index (κ3) is 4.42. The normalized spacial score (nSPS) is 19.9. The number of piperidine rings is 1. The number of nitrogens with one attached hydrogen (secondary N) is 1. The average molecular weight is 382 g/mol. The summed E-state index contributed by atoms with van der Waals surface area (Å²) in [6.07, 6.45) is 2.70. The van der Waals surface area contributed by atoms with Gasteiger partial charge in [-0.05, 0) is 49.9 Å². The first-order valence-electron chi connectivity index (χ1n) is 8.80. The molecule has 1 aliphatic heterocycles. The number of aliphatic carboxylic acids is 1. The van der Waals surface area contributed by atoms with Gasteiger partial charge in [0.15, 0.2) is 0 Å². The number of hydrogen-bond acceptors (Lipinski definition) is 4. The molecule has 2 atom stereocenters. The first kappa shape index (κ1) is 20.4. The van der Waals surface area contributed by atoms with E-state index in [9.17, 15) is 18.0 Å². The fourth-order valence-corrected chi connectivity index (χ4v) is 4.78. The molecule has 8 heteroatoms. The lowest BCUT2D eigenvalue weighted by Gasteiger charge is -2.32. The Balaban J connectivity index is 2.17. The lowest BCUT2D eigenvalue weighted by Crippen LogP contribution is -2.44. The number of amides is 1. The van der Waals surface area contributed by atoms with Gasteiger partial charge in [-0.1, -0.05) is 20.3 Å². The Kier molecular flexibility index (Phi) is 6.41. The third-order valence-electron chi connectivity index (χ3n) is 4.68. The van der Waals surface area contributed by atoms with E-state index in [2.05, 4.69) is 5.32 Å². The van der Waals surface area contributed by atoms with E-state index in [1.807, 2.05) is 6.92 Å². The minimum Gasteiger partial charge on any atom is -0.480 e. The van der Waals surface area contributed by atoms with Crippen LogP contribution in [0.5, 0.6) is 0 Å². The molecule has 0 spiro atoms. The fraction of sp³-hybridized carbons (Fsp3) is 0.556. The summed E-state index contributed by atoms with van der Waals surface area (Å²) in [5, 5.41) is 11.6. The smallest absolute Gasteiger partial charge is 0.326 e. The predicted molar refractivity (Wildman–Crippen MR) is 97.4 cm³/mol. The van der Waals surface area contributed by atoms with E-state index in [0.29, 0.717) is 6.54 Å². The van der Waals surface area contributed by atoms with Gasteiger partial charge in [-0.15, -0.1) is 0 Å². The van der Waals surface area contributed by atoms with Crippen molar-refractivity contribution in [3.05, 3.63) is 29.8 Å². The molecular weight excluding hydrogens is 356 g/mol. The first-order valence-corrected chi connectivity index (χ1v) is 10.2. The molecule has 0 saturated carbocycles. The molecular formula is C18H26N2O5S. The standard InChI is InChI=1S/C18H26N2O5S/c1-12(2)16(18(22)23)19-17(21)14-7-9-15(10-8-14)26(24,25)20-11-5-4-6-13(20)3/h7-10,12-13,16H,4-6,11H2,1-3H3,(H,19,21)(H,22,23)/t13?,16-/m1/s1. The molecule has 2 rings (SSSR count). The van der Waals surface area contributed by atoms with Crippen molar-refractivity contribution in [3.8, 4) is 0 Å². The lowest BCUT2D eigenvalue weighted by molar-refractivity contribution is -0.140. The van der Waals surface area contributed by atoms with Gasteiger partial charge < -0.3 is 10.4 Å². The molecule has 7 nitrogen and oxygen atoms in total. The summed E-state index contributed by atoms with van der Waals surface area (Å²) in [5.41, 5.74) is 0.225. The maximum atomic E-state index is 12.8. The fourth-order valence-electron chi connectivity index (χ4n) is 3.08. The van der Waals surface area contributed by atoms with Gasteiger partial charge in [0.1, 0.15) is 6.04 Å². The summed E-state index contributed by atoms with van der Waals surface area (Å²) in [6.45, 7) is 5.81. The molecule has 0 bridgehead atoms. The lowest BCUT2D eigenvalue weighted by atomic mass is 10.0. The molecule has 26 heavy (non-hydrogen) atoms. The second-order valence-corrected chi connectivity index (χ2v) is 8.91. The van der Waals surface area contributed by atoms with Crippen LogP contribution >= 0.6 is 0 Å². The average Bonchev–Trinajstić information content (AvgIpc) is 2.59. The Labute approximate surface area is 154 Å². The van der Waals surface area contributed by atoms with Crippen molar-refractivity contribution in [2.45, 2.75) is 57.0 Å². The van der Waals surface area contributed by atoms with Crippen LogP contribution in [0.2, 0.25) is 0 Å². The number of carboxylic acids is 1. The van der Waals surface area contributed by atoms with Crippen molar-refractivity contribution in [2.75, 3.05) is 6.54 Å². The Morgan fingerprint density at radius 3 is 2.31 bits per heavy atom. The van der Waals surface area contributed by atoms with Gasteiger partial charge in [0.25, 0.3) is 5.91 Å². The van der Waals surface area contributed by atoms with Crippen LogP contribution in [0.3, 0.4) is 0 Å². The Morgan fingerprint density at radius 2 is 1.81 bits per heavy atom. The van der Waals surface area contributed by atoms with Crippen LogP contribution < -0.4 is 5.32 Å². The van der Waals surface area contributed by atoms with Gasteiger partial charge in [-0.2, -0.15) is 4.31 Å². The van der Waals surface area contributed by atoms with Gasteiger partial charge >= 0.3 is 5.97 Å². The maximum absolute atomic E-state index is 12.8. The summed E-state index contributed by atoms with van der Waals surface area (Å²) in [6, 6.07) is 4.58. The number of benzene rings is 1. The van der Waals surface area contributed by atoms with Crippen LogP contribution in [0.4, 0.5) is 0 Å². The molecule has 0 aromatic heterocycles. The first-order chi connectivity index (χ1) is 12.1. The SMILES string of the molecule is CC(C)[C@@H](NC(=O)c1ccc(S(=O)(=O)N2CCCCC2C)cc1)C(=O)O. The minimum absolute atomic E-state index is 0.0425. The summed E-state index contributed by atoms with van der Waals surface area (Å²) < 4.78 is 27.1. The van der Waals surface area contributed by atoms with Crippen LogP contribution in [0.15, 0.2) is 29.2 Å². The molecule has 1 saturated heterocycles. The summed E-state index contributed by atoms with van der Waals surface area (Å²) >= 11 is 0. The Hall–Kier alpha value is -1.93. The molecule has 1 heterocycles. The highest BCUT2D eigenvalue weighted by molar-refractivity contribution is 7.89. The molecule has 1 amide bonds. The Bertz CT molecular complexity index is 758. The van der Waals surface area contributed by atoms with Crippen molar-refractivity contribution >= 4 is 21.9 Å². The quantitative estimate of drug-likeness (QED) is 0.784. The number of nitrogens with zero attached hydrogens (tertiary/aromatic N) is 1. The van der Waals surface area contributed by atoms with E-state index < -0.39 is 27.9 Å². The molecule has 1 aromatic carbocycles. The monoisotopic (exact) mass is 382 g/mol. The molecule has 1 fully saturated rings. The van der Waals surface area contributed by atoms with Gasteiger partial charge in [0.2, 0.25) is 10.0 Å². The number of rotatable bonds is 6. The van der Waals surface area contributed by atoms with E-state index in [-0.39, 0.29) is 22.4 Å². The summed E-state index contributed by atoms with van der Waals surface area (Å²) in [5.74, 6) is -1.91. The van der Waals surface area contributed by atoms with Crippen molar-refractivity contribution in [3.63, 3.8) is 0 Å². The predicted octanol–water partition coefficient (Wildman–Crippen LogP) is 2.09. The largest absolute Gasteiger partial charge is 0.480 e. The maximum Gasteiger partial charge on any atom is 0.326 e. The summed E-state index contributed by atoms with van der Waals surface area (Å²) in [4.78, 5) is 23.6. The molecule has 1 aromatic rings. The molecule has 144 valence electrons. The highest BCUT2D eigenvalue weighted by Gasteiger charge is 2.31. The zero-order valence-corrected chi connectivity index (χ0v) is 16.1. The minimum atomic E-state index is -3.60. The molecule has 2 N–H and O–H groups in total.